The van der Waals surface area contributed by atoms with Gasteiger partial charge in [0, 0.05) is 19.2 Å². The summed E-state index contributed by atoms with van der Waals surface area (Å²) in [6.45, 7) is 7.36. The Morgan fingerprint density at radius 2 is 1.82 bits per heavy atom. The number of benzene rings is 1. The first-order valence-corrected chi connectivity index (χ1v) is 5.98. The SMILES string of the molecule is Cc1cc(C)cc(C(=O)N(C)CC(C)CN)c1. The first-order chi connectivity index (χ1) is 7.93. The Kier molecular flexibility index (Phi) is 4.70. The van der Waals surface area contributed by atoms with Crippen molar-refractivity contribution in [3.63, 3.8) is 0 Å². The zero-order valence-electron chi connectivity index (χ0n) is 11.2. The van der Waals surface area contributed by atoms with E-state index in [4.69, 9.17) is 5.73 Å². The van der Waals surface area contributed by atoms with Gasteiger partial charge in [-0.2, -0.15) is 0 Å². The van der Waals surface area contributed by atoms with Crippen LogP contribution in [0.4, 0.5) is 0 Å². The first kappa shape index (κ1) is 13.7. The Hall–Kier alpha value is -1.35. The van der Waals surface area contributed by atoms with E-state index in [0.29, 0.717) is 19.0 Å². The van der Waals surface area contributed by atoms with E-state index in [0.717, 1.165) is 16.7 Å². The minimum Gasteiger partial charge on any atom is -0.341 e. The molecule has 1 amide bonds. The van der Waals surface area contributed by atoms with Gasteiger partial charge in [0.2, 0.25) is 0 Å². The molecule has 1 atom stereocenters. The number of amides is 1. The van der Waals surface area contributed by atoms with E-state index in [1.165, 1.54) is 0 Å². The summed E-state index contributed by atoms with van der Waals surface area (Å²) in [6.07, 6.45) is 0. The van der Waals surface area contributed by atoms with E-state index < -0.39 is 0 Å². The Labute approximate surface area is 104 Å². The average Bonchev–Trinajstić information content (AvgIpc) is 2.26. The molecule has 0 saturated carbocycles. The van der Waals surface area contributed by atoms with Crippen molar-refractivity contribution in [2.45, 2.75) is 20.8 Å². The molecule has 2 N–H and O–H groups in total. The number of hydrogen-bond acceptors (Lipinski definition) is 2. The summed E-state index contributed by atoms with van der Waals surface area (Å²) in [6, 6.07) is 5.93. The number of aryl methyl sites for hydroxylation is 2. The topological polar surface area (TPSA) is 46.3 Å². The van der Waals surface area contributed by atoms with Crippen molar-refractivity contribution >= 4 is 5.91 Å². The molecule has 0 bridgehead atoms. The van der Waals surface area contributed by atoms with Crippen molar-refractivity contribution in [2.75, 3.05) is 20.1 Å². The van der Waals surface area contributed by atoms with Gasteiger partial charge in [0.05, 0.1) is 0 Å². The Balaban J connectivity index is 2.81. The third-order valence-corrected chi connectivity index (χ3v) is 2.80. The van der Waals surface area contributed by atoms with Crippen molar-refractivity contribution in [1.29, 1.82) is 0 Å². The van der Waals surface area contributed by atoms with Crippen LogP contribution in [0.25, 0.3) is 0 Å². The Morgan fingerprint density at radius 1 is 1.29 bits per heavy atom. The minimum absolute atomic E-state index is 0.0668. The zero-order chi connectivity index (χ0) is 13.0. The maximum atomic E-state index is 12.2. The van der Waals surface area contributed by atoms with Gasteiger partial charge in [-0.05, 0) is 38.4 Å². The van der Waals surface area contributed by atoms with Crippen LogP contribution in [0, 0.1) is 19.8 Å². The van der Waals surface area contributed by atoms with Crippen LogP contribution >= 0.6 is 0 Å². The molecule has 0 spiro atoms. The molecule has 17 heavy (non-hydrogen) atoms. The lowest BCUT2D eigenvalue weighted by Crippen LogP contribution is -2.33. The van der Waals surface area contributed by atoms with Gasteiger partial charge in [0.1, 0.15) is 0 Å². The fraction of sp³-hybridized carbons (Fsp3) is 0.500. The van der Waals surface area contributed by atoms with Crippen LogP contribution in [0.15, 0.2) is 18.2 Å². The molecule has 3 nitrogen and oxygen atoms in total. The monoisotopic (exact) mass is 234 g/mol. The van der Waals surface area contributed by atoms with Crippen molar-refractivity contribution < 1.29 is 4.79 Å². The Bertz CT molecular complexity index is 381. The second-order valence-electron chi connectivity index (χ2n) is 4.90. The van der Waals surface area contributed by atoms with Crippen molar-refractivity contribution in [3.8, 4) is 0 Å². The largest absolute Gasteiger partial charge is 0.341 e. The van der Waals surface area contributed by atoms with E-state index in [1.807, 2.05) is 40.0 Å². The lowest BCUT2D eigenvalue weighted by atomic mass is 10.1. The second kappa shape index (κ2) is 5.82. The van der Waals surface area contributed by atoms with Crippen molar-refractivity contribution in [1.82, 2.24) is 4.90 Å². The van der Waals surface area contributed by atoms with Crippen molar-refractivity contribution in [3.05, 3.63) is 34.9 Å². The van der Waals surface area contributed by atoms with Crippen LogP contribution in [-0.4, -0.2) is 30.9 Å². The molecule has 0 saturated heterocycles. The first-order valence-electron chi connectivity index (χ1n) is 5.98. The fourth-order valence-corrected chi connectivity index (χ4v) is 1.94. The fourth-order valence-electron chi connectivity index (χ4n) is 1.94. The van der Waals surface area contributed by atoms with Gasteiger partial charge in [-0.25, -0.2) is 0 Å². The van der Waals surface area contributed by atoms with Crippen LogP contribution in [-0.2, 0) is 0 Å². The predicted molar refractivity (Wildman–Crippen MR) is 71.1 cm³/mol. The molecule has 0 radical (unpaired) electrons. The summed E-state index contributed by atoms with van der Waals surface area (Å²) < 4.78 is 0. The number of hydrogen-bond donors (Lipinski definition) is 1. The normalized spacial score (nSPS) is 12.3. The molecule has 94 valence electrons. The maximum absolute atomic E-state index is 12.2. The molecule has 1 rings (SSSR count). The highest BCUT2D eigenvalue weighted by Crippen LogP contribution is 2.11. The molecule has 0 aromatic heterocycles. The van der Waals surface area contributed by atoms with Crippen LogP contribution in [0.2, 0.25) is 0 Å². The maximum Gasteiger partial charge on any atom is 0.253 e. The molecule has 0 heterocycles. The zero-order valence-corrected chi connectivity index (χ0v) is 11.2. The summed E-state index contributed by atoms with van der Waals surface area (Å²) in [5.74, 6) is 0.395. The number of nitrogens with zero attached hydrogens (tertiary/aromatic N) is 1. The number of carbonyl (C=O) groups excluding carboxylic acids is 1. The highest BCUT2D eigenvalue weighted by Gasteiger charge is 2.14. The van der Waals surface area contributed by atoms with E-state index >= 15 is 0 Å². The summed E-state index contributed by atoms with van der Waals surface area (Å²) in [7, 11) is 1.83. The smallest absolute Gasteiger partial charge is 0.253 e. The molecule has 0 aliphatic carbocycles. The third-order valence-electron chi connectivity index (χ3n) is 2.80. The van der Waals surface area contributed by atoms with Crippen molar-refractivity contribution in [2.24, 2.45) is 11.7 Å². The molecule has 3 heteroatoms. The number of carbonyl (C=O) groups is 1. The summed E-state index contributed by atoms with van der Waals surface area (Å²) >= 11 is 0. The van der Waals surface area contributed by atoms with E-state index in [-0.39, 0.29) is 5.91 Å². The van der Waals surface area contributed by atoms with Gasteiger partial charge in [-0.3, -0.25) is 4.79 Å². The molecule has 1 unspecified atom stereocenters. The van der Waals surface area contributed by atoms with Crippen LogP contribution in [0.1, 0.15) is 28.4 Å². The molecule has 1 aromatic carbocycles. The third kappa shape index (κ3) is 3.86. The summed E-state index contributed by atoms with van der Waals surface area (Å²) in [5, 5.41) is 0. The molecular formula is C14H22N2O. The molecule has 0 aliphatic heterocycles. The minimum atomic E-state index is 0.0668. The Morgan fingerprint density at radius 3 is 2.29 bits per heavy atom. The summed E-state index contributed by atoms with van der Waals surface area (Å²) in [5.41, 5.74) is 8.57. The van der Waals surface area contributed by atoms with Gasteiger partial charge in [-0.15, -0.1) is 0 Å². The molecular weight excluding hydrogens is 212 g/mol. The van der Waals surface area contributed by atoms with E-state index in [1.54, 1.807) is 4.90 Å². The quantitative estimate of drug-likeness (QED) is 0.865. The molecule has 0 fully saturated rings. The number of rotatable bonds is 4. The van der Waals surface area contributed by atoms with Gasteiger partial charge in [0.25, 0.3) is 5.91 Å². The van der Waals surface area contributed by atoms with Crippen LogP contribution in [0.5, 0.6) is 0 Å². The lowest BCUT2D eigenvalue weighted by molar-refractivity contribution is 0.0777. The van der Waals surface area contributed by atoms with E-state index in [2.05, 4.69) is 6.07 Å². The lowest BCUT2D eigenvalue weighted by Gasteiger charge is -2.21. The van der Waals surface area contributed by atoms with E-state index in [9.17, 15) is 4.79 Å². The van der Waals surface area contributed by atoms with Gasteiger partial charge >= 0.3 is 0 Å². The van der Waals surface area contributed by atoms with Gasteiger partial charge < -0.3 is 10.6 Å². The highest BCUT2D eigenvalue weighted by molar-refractivity contribution is 5.94. The second-order valence-corrected chi connectivity index (χ2v) is 4.90. The summed E-state index contributed by atoms with van der Waals surface area (Å²) in [4.78, 5) is 13.9. The standard InChI is InChI=1S/C14H22N2O/c1-10-5-11(2)7-13(6-10)14(17)16(4)9-12(3)8-15/h5-7,12H,8-9,15H2,1-4H3. The predicted octanol–water partition coefficient (Wildman–Crippen LogP) is 1.97. The van der Waals surface area contributed by atoms with Gasteiger partial charge in [0.15, 0.2) is 0 Å². The molecule has 0 aliphatic rings. The van der Waals surface area contributed by atoms with Crippen LogP contribution in [0.3, 0.4) is 0 Å². The van der Waals surface area contributed by atoms with Gasteiger partial charge in [-0.1, -0.05) is 24.1 Å². The molecule has 1 aromatic rings. The average molecular weight is 234 g/mol. The highest BCUT2D eigenvalue weighted by atomic mass is 16.2. The van der Waals surface area contributed by atoms with Crippen LogP contribution < -0.4 is 5.73 Å². The number of nitrogens with two attached hydrogens (primary N) is 1.